The Kier molecular flexibility index (Phi) is 6.07. The molecule has 0 heterocycles. The number of hydrogen-bond acceptors (Lipinski definition) is 3. The van der Waals surface area contributed by atoms with E-state index >= 15 is 0 Å². The van der Waals surface area contributed by atoms with Crippen molar-refractivity contribution in [1.29, 1.82) is 0 Å². The predicted octanol–water partition coefficient (Wildman–Crippen LogP) is 3.74. The summed E-state index contributed by atoms with van der Waals surface area (Å²) in [6.07, 6.45) is 6.01. The molecule has 0 radical (unpaired) electrons. The number of ether oxygens (including phenoxy) is 1. The van der Waals surface area contributed by atoms with E-state index in [1.807, 2.05) is 0 Å². The van der Waals surface area contributed by atoms with Crippen molar-refractivity contribution in [2.75, 3.05) is 13.7 Å². The van der Waals surface area contributed by atoms with Gasteiger partial charge in [-0.1, -0.05) is 19.1 Å². The molecule has 1 unspecified atom stereocenters. The molecule has 1 saturated carbocycles. The molecule has 1 aromatic rings. The summed E-state index contributed by atoms with van der Waals surface area (Å²) in [5.74, 6) is 0.927. The quantitative estimate of drug-likeness (QED) is 0.867. The molecule has 3 heteroatoms. The Labute approximate surface area is 129 Å². The zero-order chi connectivity index (χ0) is 15.2. The van der Waals surface area contributed by atoms with Gasteiger partial charge in [0.2, 0.25) is 0 Å². The van der Waals surface area contributed by atoms with Gasteiger partial charge in [0, 0.05) is 18.1 Å². The number of benzene rings is 1. The third-order valence-electron chi connectivity index (χ3n) is 4.79. The van der Waals surface area contributed by atoms with Gasteiger partial charge >= 0.3 is 0 Å². The highest BCUT2D eigenvalue weighted by atomic mass is 16.5. The molecule has 0 saturated heterocycles. The third-order valence-corrected chi connectivity index (χ3v) is 4.79. The smallest absolute Gasteiger partial charge is 0.118 e. The molecule has 0 spiro atoms. The molecule has 1 aromatic carbocycles. The summed E-state index contributed by atoms with van der Waals surface area (Å²) < 4.78 is 5.26. The molecule has 1 atom stereocenters. The number of methoxy groups -OCH3 is 1. The van der Waals surface area contributed by atoms with Gasteiger partial charge in [0.1, 0.15) is 5.75 Å². The summed E-state index contributed by atoms with van der Waals surface area (Å²) in [4.78, 5) is 2.67. The van der Waals surface area contributed by atoms with E-state index in [4.69, 9.17) is 10.5 Å². The zero-order valence-corrected chi connectivity index (χ0v) is 13.7. The number of nitrogens with two attached hydrogens (primary N) is 1. The second-order valence-electron chi connectivity index (χ2n) is 6.26. The van der Waals surface area contributed by atoms with Crippen LogP contribution < -0.4 is 10.5 Å². The van der Waals surface area contributed by atoms with Gasteiger partial charge in [-0.05, 0) is 63.3 Å². The first kappa shape index (κ1) is 16.3. The summed E-state index contributed by atoms with van der Waals surface area (Å²) in [5, 5.41) is 0. The van der Waals surface area contributed by atoms with Crippen LogP contribution in [0.25, 0.3) is 0 Å². The molecule has 3 nitrogen and oxygen atoms in total. The van der Waals surface area contributed by atoms with Crippen LogP contribution in [-0.2, 0) is 0 Å². The lowest BCUT2D eigenvalue weighted by atomic mass is 9.89. The maximum Gasteiger partial charge on any atom is 0.118 e. The average Bonchev–Trinajstić information content (AvgIpc) is 2.53. The van der Waals surface area contributed by atoms with Crippen LogP contribution in [0.4, 0.5) is 0 Å². The normalized spacial score (nSPS) is 24.0. The number of nitrogens with zero attached hydrogens (tertiary/aromatic N) is 1. The topological polar surface area (TPSA) is 38.5 Å². The van der Waals surface area contributed by atoms with Crippen molar-refractivity contribution in [1.82, 2.24) is 4.90 Å². The minimum absolute atomic E-state index is 0.418. The summed E-state index contributed by atoms with van der Waals surface area (Å²) >= 11 is 0. The molecular formula is C18H30N2O. The van der Waals surface area contributed by atoms with Gasteiger partial charge < -0.3 is 10.5 Å². The van der Waals surface area contributed by atoms with E-state index in [1.165, 1.54) is 37.7 Å². The monoisotopic (exact) mass is 290 g/mol. The van der Waals surface area contributed by atoms with Crippen LogP contribution in [0.5, 0.6) is 5.75 Å². The van der Waals surface area contributed by atoms with Crippen molar-refractivity contribution < 1.29 is 4.74 Å². The van der Waals surface area contributed by atoms with Gasteiger partial charge in [0.25, 0.3) is 0 Å². The van der Waals surface area contributed by atoms with Crippen LogP contribution in [0.2, 0.25) is 0 Å². The molecule has 118 valence electrons. The lowest BCUT2D eigenvalue weighted by Gasteiger charge is -2.40. The first-order valence-electron chi connectivity index (χ1n) is 8.31. The standard InChI is InChI=1S/C18H30N2O/c1-4-13-20(17-9-7-16(19)8-10-17)14(2)15-5-11-18(21-3)12-6-15/h5-6,11-12,14,16-17H,4,7-10,13,19H2,1-3H3. The molecule has 2 rings (SSSR count). The van der Waals surface area contributed by atoms with Crippen molar-refractivity contribution >= 4 is 0 Å². The second-order valence-corrected chi connectivity index (χ2v) is 6.26. The minimum Gasteiger partial charge on any atom is -0.497 e. The summed E-state index contributed by atoms with van der Waals surface area (Å²) in [7, 11) is 1.72. The fraction of sp³-hybridized carbons (Fsp3) is 0.667. The van der Waals surface area contributed by atoms with Gasteiger partial charge in [-0.3, -0.25) is 4.90 Å². The van der Waals surface area contributed by atoms with E-state index in [0.717, 1.165) is 12.3 Å². The third kappa shape index (κ3) is 4.21. The largest absolute Gasteiger partial charge is 0.497 e. The lowest BCUT2D eigenvalue weighted by molar-refractivity contribution is 0.107. The molecular weight excluding hydrogens is 260 g/mol. The number of rotatable bonds is 6. The molecule has 1 fully saturated rings. The fourth-order valence-corrected chi connectivity index (χ4v) is 3.46. The van der Waals surface area contributed by atoms with Crippen LogP contribution in [0.1, 0.15) is 57.6 Å². The van der Waals surface area contributed by atoms with Crippen LogP contribution in [-0.4, -0.2) is 30.6 Å². The Morgan fingerprint density at radius 2 is 1.81 bits per heavy atom. The van der Waals surface area contributed by atoms with Gasteiger partial charge in [-0.2, -0.15) is 0 Å². The molecule has 0 aliphatic heterocycles. The van der Waals surface area contributed by atoms with E-state index in [9.17, 15) is 0 Å². The van der Waals surface area contributed by atoms with Crippen LogP contribution >= 0.6 is 0 Å². The summed E-state index contributed by atoms with van der Waals surface area (Å²) in [5.41, 5.74) is 7.43. The van der Waals surface area contributed by atoms with Crippen molar-refractivity contribution in [2.24, 2.45) is 5.73 Å². The average molecular weight is 290 g/mol. The van der Waals surface area contributed by atoms with E-state index in [0.29, 0.717) is 18.1 Å². The highest BCUT2D eigenvalue weighted by Crippen LogP contribution is 2.30. The van der Waals surface area contributed by atoms with E-state index in [1.54, 1.807) is 7.11 Å². The molecule has 0 amide bonds. The van der Waals surface area contributed by atoms with Crippen molar-refractivity contribution in [3.63, 3.8) is 0 Å². The highest BCUT2D eigenvalue weighted by molar-refractivity contribution is 5.29. The SMILES string of the molecule is CCCN(C1CCC(N)CC1)C(C)c1ccc(OC)cc1. The van der Waals surface area contributed by atoms with E-state index in [2.05, 4.69) is 43.0 Å². The van der Waals surface area contributed by atoms with Crippen molar-refractivity contribution in [3.05, 3.63) is 29.8 Å². The van der Waals surface area contributed by atoms with Crippen molar-refractivity contribution in [3.8, 4) is 5.75 Å². The lowest BCUT2D eigenvalue weighted by Crippen LogP contribution is -2.42. The Balaban J connectivity index is 2.08. The fourth-order valence-electron chi connectivity index (χ4n) is 3.46. The Bertz CT molecular complexity index is 410. The minimum atomic E-state index is 0.418. The maximum absolute atomic E-state index is 6.06. The van der Waals surface area contributed by atoms with Gasteiger partial charge in [0.15, 0.2) is 0 Å². The van der Waals surface area contributed by atoms with Crippen LogP contribution in [0.3, 0.4) is 0 Å². The Morgan fingerprint density at radius 1 is 1.19 bits per heavy atom. The van der Waals surface area contributed by atoms with Gasteiger partial charge in [-0.15, -0.1) is 0 Å². The van der Waals surface area contributed by atoms with E-state index < -0.39 is 0 Å². The van der Waals surface area contributed by atoms with Crippen LogP contribution in [0, 0.1) is 0 Å². The Morgan fingerprint density at radius 3 is 2.33 bits per heavy atom. The van der Waals surface area contributed by atoms with E-state index in [-0.39, 0.29) is 0 Å². The summed E-state index contributed by atoms with van der Waals surface area (Å²) in [6, 6.07) is 10.1. The molecule has 0 aromatic heterocycles. The molecule has 1 aliphatic rings. The first-order valence-corrected chi connectivity index (χ1v) is 8.31. The molecule has 0 bridgehead atoms. The van der Waals surface area contributed by atoms with Gasteiger partial charge in [-0.25, -0.2) is 0 Å². The first-order chi connectivity index (χ1) is 10.2. The van der Waals surface area contributed by atoms with Crippen LogP contribution in [0.15, 0.2) is 24.3 Å². The van der Waals surface area contributed by atoms with Gasteiger partial charge in [0.05, 0.1) is 7.11 Å². The summed E-state index contributed by atoms with van der Waals surface area (Å²) in [6.45, 7) is 5.75. The number of hydrogen-bond donors (Lipinski definition) is 1. The predicted molar refractivity (Wildman–Crippen MR) is 88.6 cm³/mol. The Hall–Kier alpha value is -1.06. The molecule has 1 aliphatic carbocycles. The molecule has 2 N–H and O–H groups in total. The zero-order valence-electron chi connectivity index (χ0n) is 13.7. The highest BCUT2D eigenvalue weighted by Gasteiger charge is 2.27. The van der Waals surface area contributed by atoms with Crippen molar-refractivity contribution in [2.45, 2.75) is 64.1 Å². The molecule has 21 heavy (non-hydrogen) atoms. The second kappa shape index (κ2) is 7.81. The maximum atomic E-state index is 6.06.